The molecule has 4 N–H and O–H groups in total. The van der Waals surface area contributed by atoms with Crippen LogP contribution in [0.1, 0.15) is 38.8 Å². The van der Waals surface area contributed by atoms with E-state index in [1.807, 2.05) is 88.4 Å². The van der Waals surface area contributed by atoms with Gasteiger partial charge in [0.25, 0.3) is 11.8 Å². The molecule has 2 atom stereocenters. The number of alkyl carbamates (subject to hydrolysis) is 1. The Morgan fingerprint density at radius 2 is 1.40 bits per heavy atom. The highest BCUT2D eigenvalue weighted by atomic mass is 16.6. The summed E-state index contributed by atoms with van der Waals surface area (Å²) in [4.78, 5) is 56.0. The van der Waals surface area contributed by atoms with E-state index in [2.05, 4.69) is 20.6 Å². The number of rotatable bonds is 6. The molecule has 0 aliphatic carbocycles. The zero-order valence-corrected chi connectivity index (χ0v) is 22.9. The van der Waals surface area contributed by atoms with Crippen LogP contribution < -0.4 is 16.4 Å². The molecule has 0 aromatic heterocycles. The first-order chi connectivity index (χ1) is 19.1. The maximum absolute atomic E-state index is 12.0. The van der Waals surface area contributed by atoms with Crippen molar-refractivity contribution < 1.29 is 28.7 Å². The van der Waals surface area contributed by atoms with Crippen LogP contribution in [0.4, 0.5) is 9.59 Å². The molecule has 12 heteroatoms. The largest absolute Gasteiger partial charge is 0.444 e. The number of nitrogens with two attached hydrogens (primary N) is 1. The molecule has 40 heavy (non-hydrogen) atoms. The number of carbonyl (C=O) groups is 4. The number of hydrogen-bond acceptors (Lipinski definition) is 9. The molecule has 212 valence electrons. The Labute approximate surface area is 232 Å². The van der Waals surface area contributed by atoms with Gasteiger partial charge < -0.3 is 15.2 Å². The minimum Gasteiger partial charge on any atom is -0.444 e. The molecule has 12 nitrogen and oxygen atoms in total. The van der Waals surface area contributed by atoms with Crippen LogP contribution in [0, 0.1) is 11.8 Å². The number of nitrogens with zero attached hydrogens (tertiary/aromatic N) is 3. The molecule has 2 aromatic carbocycles. The Kier molecular flexibility index (Phi) is 10.3. The first kappa shape index (κ1) is 29.8. The number of imide groups is 1. The van der Waals surface area contributed by atoms with Crippen molar-refractivity contribution in [3.05, 3.63) is 71.8 Å². The SMILES string of the molecule is CC(C)C1N=C(N)N(C(=O)OCc2ccccc2)C1=O.CC(C)C1N=C(NC(=O)OCc2ccccc2)NC1=O. The number of ether oxygens (including phenoxy) is 2. The van der Waals surface area contributed by atoms with Crippen LogP contribution in [-0.4, -0.2) is 52.9 Å². The summed E-state index contributed by atoms with van der Waals surface area (Å²) in [5.74, 6) is -0.546. The smallest absolute Gasteiger partial charge is 0.424 e. The van der Waals surface area contributed by atoms with Crippen LogP contribution in [0.3, 0.4) is 0 Å². The molecule has 2 unspecified atom stereocenters. The van der Waals surface area contributed by atoms with E-state index in [9.17, 15) is 19.2 Å². The highest BCUT2D eigenvalue weighted by Gasteiger charge is 2.40. The van der Waals surface area contributed by atoms with Crippen molar-refractivity contribution in [3.8, 4) is 0 Å². The van der Waals surface area contributed by atoms with Crippen LogP contribution in [0.25, 0.3) is 0 Å². The van der Waals surface area contributed by atoms with Crippen LogP contribution in [0.15, 0.2) is 70.6 Å². The van der Waals surface area contributed by atoms with Crippen LogP contribution >= 0.6 is 0 Å². The minimum absolute atomic E-state index is 0.0204. The van der Waals surface area contributed by atoms with Crippen molar-refractivity contribution in [1.29, 1.82) is 0 Å². The fraction of sp³-hybridized carbons (Fsp3) is 0.357. The van der Waals surface area contributed by atoms with Gasteiger partial charge in [0.15, 0.2) is 0 Å². The van der Waals surface area contributed by atoms with Crippen molar-refractivity contribution >= 4 is 35.9 Å². The summed E-state index contributed by atoms with van der Waals surface area (Å²) < 4.78 is 10.1. The minimum atomic E-state index is -0.789. The first-order valence-corrected chi connectivity index (χ1v) is 12.8. The predicted octanol–water partition coefficient (Wildman–Crippen LogP) is 2.93. The van der Waals surface area contributed by atoms with Crippen molar-refractivity contribution in [2.24, 2.45) is 27.6 Å². The second-order valence-electron chi connectivity index (χ2n) is 9.73. The second-order valence-corrected chi connectivity index (χ2v) is 9.73. The molecule has 2 aliphatic heterocycles. The summed E-state index contributed by atoms with van der Waals surface area (Å²) >= 11 is 0. The molecule has 4 rings (SSSR count). The number of guanidine groups is 2. The van der Waals surface area contributed by atoms with Crippen molar-refractivity contribution in [1.82, 2.24) is 15.5 Å². The molecule has 0 spiro atoms. The lowest BCUT2D eigenvalue weighted by molar-refractivity contribution is -0.127. The summed E-state index contributed by atoms with van der Waals surface area (Å²) in [6.07, 6.45) is -1.43. The van der Waals surface area contributed by atoms with Gasteiger partial charge in [-0.1, -0.05) is 88.4 Å². The molecule has 0 saturated carbocycles. The second kappa shape index (κ2) is 13.9. The molecule has 0 saturated heterocycles. The lowest BCUT2D eigenvalue weighted by Crippen LogP contribution is -2.44. The van der Waals surface area contributed by atoms with Gasteiger partial charge in [-0.25, -0.2) is 19.6 Å². The number of aliphatic imine (C=N–C) groups is 2. The summed E-state index contributed by atoms with van der Waals surface area (Å²) in [5.41, 5.74) is 7.35. The Bertz CT molecular complexity index is 1260. The highest BCUT2D eigenvalue weighted by molar-refractivity contribution is 6.15. The standard InChI is InChI=1S/2C14H17N3O3/c1-9(2)11-12(18)17(13(15)16-11)14(19)20-8-10-6-4-3-5-7-10;1-9(2)11-12(18)16-13(15-11)17-14(19)20-8-10-6-4-3-5-7-10/h3-7,9,11H,8H2,1-2H3,(H2,15,16);3-7,9,11H,8H2,1-2H3,(H2,15,16,17,18,19). The number of benzene rings is 2. The molecule has 2 aliphatic rings. The van der Waals surface area contributed by atoms with Gasteiger partial charge in [-0.15, -0.1) is 0 Å². The van der Waals surface area contributed by atoms with E-state index in [1.54, 1.807) is 0 Å². The maximum atomic E-state index is 12.0. The Balaban J connectivity index is 0.000000220. The molecule has 2 heterocycles. The van der Waals surface area contributed by atoms with Crippen molar-refractivity contribution in [2.75, 3.05) is 0 Å². The number of nitrogens with one attached hydrogen (secondary N) is 2. The Hall–Kier alpha value is -4.74. The topological polar surface area (TPSA) is 165 Å². The third kappa shape index (κ3) is 8.13. The summed E-state index contributed by atoms with van der Waals surface area (Å²) in [7, 11) is 0. The molecular formula is C28H34N6O6. The Morgan fingerprint density at radius 3 is 1.88 bits per heavy atom. The van der Waals surface area contributed by atoms with Gasteiger partial charge in [-0.3, -0.25) is 20.2 Å². The molecule has 4 amide bonds. The van der Waals surface area contributed by atoms with E-state index in [0.29, 0.717) is 0 Å². The van der Waals surface area contributed by atoms with Gasteiger partial charge in [-0.05, 0) is 23.0 Å². The van der Waals surface area contributed by atoms with Gasteiger partial charge in [-0.2, -0.15) is 4.90 Å². The number of carbonyl (C=O) groups excluding carboxylic acids is 4. The van der Waals surface area contributed by atoms with Gasteiger partial charge in [0.2, 0.25) is 11.9 Å². The zero-order valence-electron chi connectivity index (χ0n) is 22.9. The van der Waals surface area contributed by atoms with Crippen molar-refractivity contribution in [3.63, 3.8) is 0 Å². The van der Waals surface area contributed by atoms with E-state index in [1.165, 1.54) is 0 Å². The van der Waals surface area contributed by atoms with Gasteiger partial charge in [0, 0.05) is 0 Å². The number of hydrogen-bond donors (Lipinski definition) is 3. The van der Waals surface area contributed by atoms with E-state index >= 15 is 0 Å². The fourth-order valence-corrected chi connectivity index (χ4v) is 3.69. The average molecular weight is 551 g/mol. The quantitative estimate of drug-likeness (QED) is 0.497. The normalized spacial score (nSPS) is 18.0. The third-order valence-corrected chi connectivity index (χ3v) is 5.84. The molecule has 0 fully saturated rings. The average Bonchev–Trinajstić information content (AvgIpc) is 3.45. The maximum Gasteiger partial charge on any atom is 0.424 e. The van der Waals surface area contributed by atoms with Crippen LogP contribution in [0.5, 0.6) is 0 Å². The molecule has 0 radical (unpaired) electrons. The summed E-state index contributed by atoms with van der Waals surface area (Å²) in [6, 6.07) is 17.5. The lowest BCUT2D eigenvalue weighted by Gasteiger charge is -2.15. The van der Waals surface area contributed by atoms with E-state index in [0.717, 1.165) is 16.0 Å². The molecular weight excluding hydrogens is 516 g/mol. The van der Waals surface area contributed by atoms with Gasteiger partial charge >= 0.3 is 12.2 Å². The highest BCUT2D eigenvalue weighted by Crippen LogP contribution is 2.18. The van der Waals surface area contributed by atoms with Crippen molar-refractivity contribution in [2.45, 2.75) is 53.0 Å². The molecule has 0 bridgehead atoms. The van der Waals surface area contributed by atoms with Gasteiger partial charge in [0.1, 0.15) is 25.3 Å². The summed E-state index contributed by atoms with van der Waals surface area (Å²) in [6.45, 7) is 7.73. The monoisotopic (exact) mass is 550 g/mol. The lowest BCUT2D eigenvalue weighted by atomic mass is 10.1. The van der Waals surface area contributed by atoms with E-state index in [-0.39, 0.29) is 42.9 Å². The zero-order chi connectivity index (χ0) is 29.2. The third-order valence-electron chi connectivity index (χ3n) is 5.84. The van der Waals surface area contributed by atoms with Gasteiger partial charge in [0.05, 0.1) is 0 Å². The van der Waals surface area contributed by atoms with E-state index in [4.69, 9.17) is 15.2 Å². The molecule has 2 aromatic rings. The number of amides is 4. The van der Waals surface area contributed by atoms with Crippen LogP contribution in [-0.2, 0) is 32.3 Å². The predicted molar refractivity (Wildman–Crippen MR) is 148 cm³/mol. The van der Waals surface area contributed by atoms with Crippen LogP contribution in [0.2, 0.25) is 0 Å². The Morgan fingerprint density at radius 1 is 0.875 bits per heavy atom. The fourth-order valence-electron chi connectivity index (χ4n) is 3.69. The first-order valence-electron chi connectivity index (χ1n) is 12.8. The van der Waals surface area contributed by atoms with E-state index < -0.39 is 30.2 Å². The summed E-state index contributed by atoms with van der Waals surface area (Å²) in [5, 5.41) is 4.93.